The van der Waals surface area contributed by atoms with Crippen LogP contribution in [0.2, 0.25) is 0 Å². The van der Waals surface area contributed by atoms with Gasteiger partial charge in [-0.05, 0) is 30.2 Å². The molecule has 0 spiro atoms. The van der Waals surface area contributed by atoms with Crippen LogP contribution in [0.25, 0.3) is 0 Å². The van der Waals surface area contributed by atoms with Crippen molar-refractivity contribution in [3.05, 3.63) is 34.1 Å². The van der Waals surface area contributed by atoms with E-state index in [9.17, 15) is 4.39 Å². The smallest absolute Gasteiger partial charge is 0.126 e. The van der Waals surface area contributed by atoms with Crippen LogP contribution in [-0.4, -0.2) is 12.5 Å². The van der Waals surface area contributed by atoms with Crippen molar-refractivity contribution in [2.24, 2.45) is 0 Å². The molecule has 1 rings (SSSR count). The Labute approximate surface area is 90.4 Å². The predicted octanol–water partition coefficient (Wildman–Crippen LogP) is 2.92. The average molecular weight is 267 g/mol. The molecule has 0 aliphatic heterocycles. The number of rotatable bonds is 4. The summed E-state index contributed by atoms with van der Waals surface area (Å²) in [7, 11) is 0. The molecule has 0 amide bonds. The molecule has 0 atom stereocenters. The lowest BCUT2D eigenvalue weighted by Gasteiger charge is -2.03. The van der Waals surface area contributed by atoms with E-state index in [0.717, 1.165) is 4.47 Å². The van der Waals surface area contributed by atoms with E-state index >= 15 is 0 Å². The molecule has 0 aliphatic rings. The van der Waals surface area contributed by atoms with Gasteiger partial charge in [-0.15, -0.1) is 11.6 Å². The first-order chi connectivity index (χ1) is 6.24. The minimum Gasteiger partial charge on any atom is -0.304 e. The molecule has 4 heteroatoms. The van der Waals surface area contributed by atoms with Crippen LogP contribution in [0.3, 0.4) is 0 Å². The van der Waals surface area contributed by atoms with Crippen molar-refractivity contribution in [2.75, 3.05) is 12.5 Å². The first kappa shape index (κ1) is 11.0. The van der Waals surface area contributed by atoms with Crippen molar-refractivity contribution in [3.63, 3.8) is 0 Å². The van der Waals surface area contributed by atoms with Crippen molar-refractivity contribution >= 4 is 27.5 Å². The van der Waals surface area contributed by atoms with Gasteiger partial charge in [0.15, 0.2) is 0 Å². The third-order valence-corrected chi connectivity index (χ3v) is 2.36. The zero-order valence-corrected chi connectivity index (χ0v) is 9.33. The van der Waals surface area contributed by atoms with Crippen molar-refractivity contribution in [1.29, 1.82) is 0 Å². The average Bonchev–Trinajstić information content (AvgIpc) is 2.11. The number of hydrogen-bond acceptors (Lipinski definition) is 1. The summed E-state index contributed by atoms with van der Waals surface area (Å²) >= 11 is 8.72. The standard InChI is InChI=1S/C9H10BrClFN/c10-8-1-2-9(12)7(5-8)3-4-13-6-11/h1-2,5,13H,3-4,6H2. The number of benzene rings is 1. The van der Waals surface area contributed by atoms with E-state index in [1.165, 1.54) is 6.07 Å². The van der Waals surface area contributed by atoms with Crippen LogP contribution in [0.4, 0.5) is 4.39 Å². The Kier molecular flexibility index (Phi) is 4.70. The molecule has 0 heterocycles. The molecule has 0 bridgehead atoms. The second-order valence-corrected chi connectivity index (χ2v) is 3.80. The molecule has 0 aromatic heterocycles. The summed E-state index contributed by atoms with van der Waals surface area (Å²) in [6, 6.07) is 5.33. The second-order valence-electron chi connectivity index (χ2n) is 2.62. The molecule has 1 nitrogen and oxygen atoms in total. The SMILES string of the molecule is Fc1ccc(Br)cc1CCNCCl. The fourth-order valence-electron chi connectivity index (χ4n) is 1.02. The van der Waals surface area contributed by atoms with Crippen LogP contribution in [0.5, 0.6) is 0 Å². The summed E-state index contributed by atoms with van der Waals surface area (Å²) < 4.78 is 14.0. The number of nitrogens with one attached hydrogen (secondary N) is 1. The van der Waals surface area contributed by atoms with E-state index in [0.29, 0.717) is 24.5 Å². The maximum absolute atomic E-state index is 13.1. The van der Waals surface area contributed by atoms with Crippen molar-refractivity contribution in [3.8, 4) is 0 Å². The molecule has 0 fully saturated rings. The lowest BCUT2D eigenvalue weighted by Crippen LogP contribution is -2.15. The summed E-state index contributed by atoms with van der Waals surface area (Å²) in [6.07, 6.45) is 0.651. The molecular formula is C9H10BrClFN. The molecular weight excluding hydrogens is 256 g/mol. The Balaban J connectivity index is 2.59. The zero-order chi connectivity index (χ0) is 9.68. The first-order valence-corrected chi connectivity index (χ1v) is 5.27. The highest BCUT2D eigenvalue weighted by Crippen LogP contribution is 2.15. The van der Waals surface area contributed by atoms with Gasteiger partial charge >= 0.3 is 0 Å². The van der Waals surface area contributed by atoms with Gasteiger partial charge in [-0.2, -0.15) is 0 Å². The maximum atomic E-state index is 13.1. The molecule has 0 saturated heterocycles. The monoisotopic (exact) mass is 265 g/mol. The maximum Gasteiger partial charge on any atom is 0.126 e. The predicted molar refractivity (Wildman–Crippen MR) is 56.5 cm³/mol. The van der Waals surface area contributed by atoms with Gasteiger partial charge in [-0.3, -0.25) is 0 Å². The van der Waals surface area contributed by atoms with Gasteiger partial charge in [0.1, 0.15) is 5.82 Å². The van der Waals surface area contributed by atoms with Crippen LogP contribution in [0.15, 0.2) is 22.7 Å². The third-order valence-electron chi connectivity index (χ3n) is 1.67. The molecule has 1 aromatic carbocycles. The topological polar surface area (TPSA) is 12.0 Å². The number of alkyl halides is 1. The minimum absolute atomic E-state index is 0.167. The molecule has 0 saturated carbocycles. The van der Waals surface area contributed by atoms with Crippen LogP contribution in [0.1, 0.15) is 5.56 Å². The normalized spacial score (nSPS) is 10.4. The van der Waals surface area contributed by atoms with Gasteiger partial charge < -0.3 is 5.32 Å². The van der Waals surface area contributed by atoms with Gasteiger partial charge in [0.25, 0.3) is 0 Å². The summed E-state index contributed by atoms with van der Waals surface area (Å²) in [4.78, 5) is 0. The molecule has 1 N–H and O–H groups in total. The summed E-state index contributed by atoms with van der Waals surface area (Å²) in [5, 5.41) is 2.93. The summed E-state index contributed by atoms with van der Waals surface area (Å²) in [5.41, 5.74) is 0.701. The number of hydrogen-bond donors (Lipinski definition) is 1. The summed E-state index contributed by atoms with van der Waals surface area (Å²) in [5.74, 6) is -0.167. The molecule has 0 radical (unpaired) electrons. The molecule has 0 aliphatic carbocycles. The Morgan fingerprint density at radius 1 is 1.46 bits per heavy atom. The van der Waals surface area contributed by atoms with E-state index in [2.05, 4.69) is 21.2 Å². The second kappa shape index (κ2) is 5.58. The van der Waals surface area contributed by atoms with E-state index in [1.54, 1.807) is 12.1 Å². The van der Waals surface area contributed by atoms with Crippen molar-refractivity contribution in [1.82, 2.24) is 5.32 Å². The lowest BCUT2D eigenvalue weighted by molar-refractivity contribution is 0.603. The van der Waals surface area contributed by atoms with Gasteiger partial charge in [0.2, 0.25) is 0 Å². The fourth-order valence-corrected chi connectivity index (χ4v) is 1.57. The molecule has 72 valence electrons. The van der Waals surface area contributed by atoms with Crippen LogP contribution in [-0.2, 0) is 6.42 Å². The van der Waals surface area contributed by atoms with E-state index in [1.807, 2.05) is 0 Å². The Morgan fingerprint density at radius 2 is 2.23 bits per heavy atom. The lowest BCUT2D eigenvalue weighted by atomic mass is 10.1. The van der Waals surface area contributed by atoms with E-state index in [-0.39, 0.29) is 5.82 Å². The van der Waals surface area contributed by atoms with E-state index in [4.69, 9.17) is 11.6 Å². The third kappa shape index (κ3) is 3.63. The minimum atomic E-state index is -0.167. The highest BCUT2D eigenvalue weighted by molar-refractivity contribution is 9.10. The highest BCUT2D eigenvalue weighted by Gasteiger charge is 2.01. The van der Waals surface area contributed by atoms with Crippen LogP contribution in [0, 0.1) is 5.82 Å². The van der Waals surface area contributed by atoms with Gasteiger partial charge in [0.05, 0.1) is 6.00 Å². The largest absolute Gasteiger partial charge is 0.304 e. The molecule has 13 heavy (non-hydrogen) atoms. The Morgan fingerprint density at radius 3 is 2.92 bits per heavy atom. The quantitative estimate of drug-likeness (QED) is 0.502. The number of halogens is 3. The highest BCUT2D eigenvalue weighted by atomic mass is 79.9. The first-order valence-electron chi connectivity index (χ1n) is 3.94. The summed E-state index contributed by atoms with van der Waals surface area (Å²) in [6.45, 7) is 0.691. The Hall–Kier alpha value is -0.120. The van der Waals surface area contributed by atoms with Gasteiger partial charge in [-0.25, -0.2) is 4.39 Å². The van der Waals surface area contributed by atoms with Gasteiger partial charge in [-0.1, -0.05) is 15.9 Å². The van der Waals surface area contributed by atoms with Crippen LogP contribution >= 0.6 is 27.5 Å². The van der Waals surface area contributed by atoms with Crippen LogP contribution < -0.4 is 5.32 Å². The Bertz CT molecular complexity index is 280. The van der Waals surface area contributed by atoms with E-state index < -0.39 is 0 Å². The zero-order valence-electron chi connectivity index (χ0n) is 6.99. The van der Waals surface area contributed by atoms with Crippen molar-refractivity contribution < 1.29 is 4.39 Å². The fraction of sp³-hybridized carbons (Fsp3) is 0.333. The van der Waals surface area contributed by atoms with Gasteiger partial charge in [0, 0.05) is 11.0 Å². The molecule has 1 aromatic rings. The van der Waals surface area contributed by atoms with Crippen molar-refractivity contribution in [2.45, 2.75) is 6.42 Å². The molecule has 0 unspecified atom stereocenters.